The molecule has 1 aromatic heterocycles. The molecular formula is C5H8ClNO4. The van der Waals surface area contributed by atoms with Gasteiger partial charge in [0.15, 0.2) is 0 Å². The molecule has 0 saturated carbocycles. The largest absolute Gasteiger partial charge is 0.265 e. The molecule has 0 aliphatic carbocycles. The van der Waals surface area contributed by atoms with Crippen molar-refractivity contribution in [2.45, 2.75) is 0 Å². The van der Waals surface area contributed by atoms with Gasteiger partial charge in [0.05, 0.1) is 0 Å². The van der Waals surface area contributed by atoms with Crippen molar-refractivity contribution < 1.29 is 28.9 Å². The van der Waals surface area contributed by atoms with E-state index >= 15 is 0 Å². The number of pyridine rings is 1. The van der Waals surface area contributed by atoms with Crippen molar-refractivity contribution in [3.8, 4) is 0 Å². The van der Waals surface area contributed by atoms with Gasteiger partial charge in [-0.2, -0.15) is 0 Å². The Morgan fingerprint density at radius 2 is 1.36 bits per heavy atom. The number of hydrogen-bond acceptors (Lipinski definition) is 5. The van der Waals surface area contributed by atoms with Crippen molar-refractivity contribution in [3.05, 3.63) is 30.6 Å². The second-order valence-corrected chi connectivity index (χ2v) is 2.33. The smallest absolute Gasteiger partial charge is 0.0267 e. The molecule has 0 fully saturated rings. The van der Waals surface area contributed by atoms with Gasteiger partial charge in [-0.3, -0.25) is 4.98 Å². The molecule has 0 unspecified atom stereocenters. The predicted octanol–water partition coefficient (Wildman–Crippen LogP) is -1.78. The summed E-state index contributed by atoms with van der Waals surface area (Å²) >= 11 is 0. The standard InChI is InChI=1S/C5H5N.ClH3O4/c1-2-4-6-5-3-1;2-1(3,4)5/h1-5H;2-4H. The van der Waals surface area contributed by atoms with Crippen LogP contribution in [0.1, 0.15) is 0 Å². The SMILES string of the molecule is [O-][Cl+](O)(O)O.c1ccncc1. The third kappa shape index (κ3) is 17.6. The van der Waals surface area contributed by atoms with E-state index in [-0.39, 0.29) is 0 Å². The fraction of sp³-hybridized carbons (Fsp3) is 0. The number of aromatic nitrogens is 1. The van der Waals surface area contributed by atoms with Crippen molar-refractivity contribution in [1.29, 1.82) is 0 Å². The van der Waals surface area contributed by atoms with E-state index in [1.54, 1.807) is 12.4 Å². The van der Waals surface area contributed by atoms with E-state index in [1.165, 1.54) is 0 Å². The van der Waals surface area contributed by atoms with E-state index in [9.17, 15) is 0 Å². The maximum Gasteiger partial charge on any atom is 0.0267 e. The van der Waals surface area contributed by atoms with E-state index in [1.807, 2.05) is 18.2 Å². The average molecular weight is 182 g/mol. The van der Waals surface area contributed by atoms with E-state index in [2.05, 4.69) is 4.98 Å². The van der Waals surface area contributed by atoms with Crippen molar-refractivity contribution >= 4 is 0 Å². The number of rotatable bonds is 0. The Labute approximate surface area is 65.3 Å². The maximum absolute atomic E-state index is 8.83. The molecule has 0 amide bonds. The summed E-state index contributed by atoms with van der Waals surface area (Å²) in [7, 11) is -4.19. The summed E-state index contributed by atoms with van der Waals surface area (Å²) in [4.78, 5) is 3.78. The normalized spacial score (nSPS) is 11.3. The summed E-state index contributed by atoms with van der Waals surface area (Å²) in [6.07, 6.45) is 3.50. The molecule has 0 radical (unpaired) electrons. The van der Waals surface area contributed by atoms with Gasteiger partial charge in [0.2, 0.25) is 0 Å². The molecule has 6 heteroatoms. The van der Waals surface area contributed by atoms with Crippen LogP contribution in [0.15, 0.2) is 30.6 Å². The second kappa shape index (κ2) is 5.00. The van der Waals surface area contributed by atoms with Crippen molar-refractivity contribution in [2.75, 3.05) is 0 Å². The predicted molar refractivity (Wildman–Crippen MR) is 30.9 cm³/mol. The third-order valence-electron chi connectivity index (χ3n) is 0.566. The molecule has 0 atom stereocenters. The van der Waals surface area contributed by atoms with Gasteiger partial charge in [-0.05, 0) is 12.1 Å². The van der Waals surface area contributed by atoms with Gasteiger partial charge in [-0.15, -0.1) is 0 Å². The first-order chi connectivity index (χ1) is 5.00. The molecule has 1 heterocycles. The molecule has 3 N–H and O–H groups in total. The van der Waals surface area contributed by atoms with E-state index in [0.717, 1.165) is 0 Å². The number of hydrogen-bond donors (Lipinski definition) is 3. The number of nitrogens with zero attached hydrogens (tertiary/aromatic N) is 1. The van der Waals surface area contributed by atoms with Gasteiger partial charge in [0.25, 0.3) is 0 Å². The fourth-order valence-electron chi connectivity index (χ4n) is 0.313. The minimum Gasteiger partial charge on any atom is -0.265 e. The Morgan fingerprint density at radius 1 is 1.00 bits per heavy atom. The van der Waals surface area contributed by atoms with Gasteiger partial charge >= 0.3 is 28.9 Å². The van der Waals surface area contributed by atoms with Crippen LogP contribution in [0.4, 0.5) is 0 Å². The Hall–Kier alpha value is -0.720. The van der Waals surface area contributed by atoms with Gasteiger partial charge < -0.3 is 0 Å². The van der Waals surface area contributed by atoms with Crippen LogP contribution in [-0.2, 0) is 0 Å². The van der Waals surface area contributed by atoms with E-state index in [0.29, 0.717) is 0 Å². The van der Waals surface area contributed by atoms with Crippen LogP contribution in [0.25, 0.3) is 0 Å². The summed E-state index contributed by atoms with van der Waals surface area (Å²) in [6.45, 7) is 0. The monoisotopic (exact) mass is 181 g/mol. The van der Waals surface area contributed by atoms with Gasteiger partial charge in [-0.1, -0.05) is 6.07 Å². The topological polar surface area (TPSA) is 96.6 Å². The molecule has 0 spiro atoms. The molecule has 0 aliphatic rings. The van der Waals surface area contributed by atoms with Gasteiger partial charge in [0, 0.05) is 12.4 Å². The van der Waals surface area contributed by atoms with Crippen molar-refractivity contribution in [1.82, 2.24) is 4.98 Å². The molecule has 1 rings (SSSR count). The van der Waals surface area contributed by atoms with Crippen molar-refractivity contribution in [3.63, 3.8) is 0 Å². The summed E-state index contributed by atoms with van der Waals surface area (Å²) in [5.41, 5.74) is 0. The summed E-state index contributed by atoms with van der Waals surface area (Å²) in [5, 5.41) is 0. The Morgan fingerprint density at radius 3 is 1.45 bits per heavy atom. The van der Waals surface area contributed by atoms with Crippen LogP contribution < -0.4 is 4.66 Å². The molecule has 0 aromatic carbocycles. The fourth-order valence-corrected chi connectivity index (χ4v) is 0.313. The first-order valence-electron chi connectivity index (χ1n) is 2.51. The van der Waals surface area contributed by atoms with Gasteiger partial charge in [-0.25, -0.2) is 0 Å². The minimum absolute atomic E-state index is 1.75. The van der Waals surface area contributed by atoms with Crippen molar-refractivity contribution in [2.24, 2.45) is 0 Å². The first-order valence-corrected chi connectivity index (χ1v) is 3.83. The Kier molecular flexibility index (Phi) is 4.67. The molecule has 64 valence electrons. The van der Waals surface area contributed by atoms with Crippen LogP contribution in [0.5, 0.6) is 0 Å². The molecule has 1 aromatic rings. The minimum atomic E-state index is -4.19. The first kappa shape index (κ1) is 10.3. The Balaban J connectivity index is 0.000000187. The summed E-state index contributed by atoms with van der Waals surface area (Å²) < 4.78 is 30.2. The third-order valence-corrected chi connectivity index (χ3v) is 0.566. The zero-order chi connectivity index (χ0) is 8.74. The molecule has 0 aliphatic heterocycles. The van der Waals surface area contributed by atoms with Crippen LogP contribution >= 0.6 is 0 Å². The average Bonchev–Trinajstić information content (AvgIpc) is 1.88. The van der Waals surface area contributed by atoms with Gasteiger partial charge in [0.1, 0.15) is 0 Å². The summed E-state index contributed by atoms with van der Waals surface area (Å²) in [5.74, 6) is 0. The zero-order valence-electron chi connectivity index (χ0n) is 5.46. The van der Waals surface area contributed by atoms with Crippen LogP contribution in [0.3, 0.4) is 0 Å². The van der Waals surface area contributed by atoms with E-state index < -0.39 is 10.2 Å². The zero-order valence-corrected chi connectivity index (χ0v) is 6.22. The van der Waals surface area contributed by atoms with Crippen LogP contribution in [0.2, 0.25) is 0 Å². The van der Waals surface area contributed by atoms with E-state index in [4.69, 9.17) is 18.6 Å². The second-order valence-electron chi connectivity index (χ2n) is 1.46. The molecule has 0 saturated heterocycles. The molecule has 5 nitrogen and oxygen atoms in total. The Bertz CT molecular complexity index is 143. The molecule has 11 heavy (non-hydrogen) atoms. The number of halogens is 1. The quantitative estimate of drug-likeness (QED) is 0.440. The summed E-state index contributed by atoms with van der Waals surface area (Å²) in [6, 6.07) is 5.72. The van der Waals surface area contributed by atoms with Crippen LogP contribution in [-0.4, -0.2) is 19.0 Å². The van der Waals surface area contributed by atoms with Crippen LogP contribution in [0, 0.1) is 10.2 Å². The maximum atomic E-state index is 8.83. The molecule has 0 bridgehead atoms. The molecular weight excluding hydrogens is 174 g/mol.